The lowest BCUT2D eigenvalue weighted by atomic mass is 9.96. The lowest BCUT2D eigenvalue weighted by molar-refractivity contribution is -0.385. The normalized spacial score (nSPS) is 14.3. The monoisotopic (exact) mass is 549 g/mol. The molecule has 11 nitrogen and oxygen atoms in total. The van der Waals surface area contributed by atoms with Crippen LogP contribution in [0.25, 0.3) is 10.9 Å². The number of hydrogen-bond acceptors (Lipinski definition) is 6. The van der Waals surface area contributed by atoms with Crippen LogP contribution in [0.2, 0.25) is 0 Å². The standard InChI is InChI=1S/C29H35N5O6/c1-28(2,3)40-27(37)32-29(4,5)26(36)31-24(15-19-16-30-23-9-7-6-8-22(19)23)25(35)33-13-12-18-10-11-21(34(38)39)14-20(18)17-33/h6-11,14,16,24,30H,12-13,15,17H2,1-5H3,(H,31,36)(H,32,37). The summed E-state index contributed by atoms with van der Waals surface area (Å²) in [6, 6.07) is 11.4. The third-order valence-electron chi connectivity index (χ3n) is 6.81. The molecule has 0 radical (unpaired) electrons. The molecule has 1 aliphatic rings. The van der Waals surface area contributed by atoms with Gasteiger partial charge < -0.3 is 25.3 Å². The molecule has 0 saturated heterocycles. The molecule has 2 aromatic carbocycles. The lowest BCUT2D eigenvalue weighted by Gasteiger charge is -2.34. The number of carbonyl (C=O) groups is 3. The zero-order valence-corrected chi connectivity index (χ0v) is 23.4. The first-order chi connectivity index (χ1) is 18.7. The Morgan fingerprint density at radius 2 is 1.82 bits per heavy atom. The largest absolute Gasteiger partial charge is 0.444 e. The highest BCUT2D eigenvalue weighted by molar-refractivity contribution is 5.94. The third-order valence-corrected chi connectivity index (χ3v) is 6.81. The number of benzene rings is 2. The molecule has 1 aromatic heterocycles. The zero-order valence-electron chi connectivity index (χ0n) is 23.4. The summed E-state index contributed by atoms with van der Waals surface area (Å²) in [5, 5.41) is 17.7. The maximum atomic E-state index is 13.9. The number of carbonyl (C=O) groups excluding carboxylic acids is 3. The number of aromatic amines is 1. The van der Waals surface area contributed by atoms with Crippen molar-refractivity contribution >= 4 is 34.5 Å². The van der Waals surface area contributed by atoms with Crippen molar-refractivity contribution in [2.24, 2.45) is 0 Å². The van der Waals surface area contributed by atoms with Crippen LogP contribution >= 0.6 is 0 Å². The Kier molecular flexibility index (Phi) is 7.86. The molecule has 3 aromatic rings. The van der Waals surface area contributed by atoms with Gasteiger partial charge in [-0.2, -0.15) is 0 Å². The molecule has 0 spiro atoms. The van der Waals surface area contributed by atoms with Crippen LogP contribution in [-0.2, 0) is 33.7 Å². The summed E-state index contributed by atoms with van der Waals surface area (Å²) in [7, 11) is 0. The topological polar surface area (TPSA) is 147 Å². The third kappa shape index (κ3) is 6.59. The first-order valence-corrected chi connectivity index (χ1v) is 13.2. The maximum absolute atomic E-state index is 13.9. The fourth-order valence-electron chi connectivity index (χ4n) is 4.74. The Labute approximate surface area is 232 Å². The van der Waals surface area contributed by atoms with Crippen LogP contribution in [-0.4, -0.2) is 56.4 Å². The van der Waals surface area contributed by atoms with Crippen molar-refractivity contribution in [1.82, 2.24) is 20.5 Å². The number of hydrogen-bond donors (Lipinski definition) is 3. The minimum Gasteiger partial charge on any atom is -0.444 e. The summed E-state index contributed by atoms with van der Waals surface area (Å²) in [6.45, 7) is 8.84. The van der Waals surface area contributed by atoms with E-state index in [0.29, 0.717) is 18.5 Å². The summed E-state index contributed by atoms with van der Waals surface area (Å²) in [5.74, 6) is -0.867. The molecule has 11 heteroatoms. The fraction of sp³-hybridized carbons (Fsp3) is 0.414. The molecular weight excluding hydrogens is 514 g/mol. The minimum atomic E-state index is -1.38. The van der Waals surface area contributed by atoms with Crippen molar-refractivity contribution < 1.29 is 24.0 Å². The van der Waals surface area contributed by atoms with Gasteiger partial charge in [0, 0.05) is 48.7 Å². The van der Waals surface area contributed by atoms with Crippen LogP contribution in [0.4, 0.5) is 10.5 Å². The van der Waals surface area contributed by atoms with Crippen LogP contribution in [0, 0.1) is 10.1 Å². The van der Waals surface area contributed by atoms with Gasteiger partial charge in [0.1, 0.15) is 17.2 Å². The number of fused-ring (bicyclic) bond motifs is 2. The molecule has 1 atom stereocenters. The number of H-pyrrole nitrogens is 1. The number of amides is 3. The fourth-order valence-corrected chi connectivity index (χ4v) is 4.74. The maximum Gasteiger partial charge on any atom is 0.408 e. The number of nitrogens with one attached hydrogen (secondary N) is 3. The predicted octanol–water partition coefficient (Wildman–Crippen LogP) is 3.99. The number of nitro groups is 1. The van der Waals surface area contributed by atoms with Crippen LogP contribution in [0.5, 0.6) is 0 Å². The van der Waals surface area contributed by atoms with Gasteiger partial charge >= 0.3 is 6.09 Å². The first-order valence-electron chi connectivity index (χ1n) is 13.2. The molecule has 1 unspecified atom stereocenters. The van der Waals surface area contributed by atoms with Gasteiger partial charge in [-0.1, -0.05) is 24.3 Å². The van der Waals surface area contributed by atoms with Gasteiger partial charge in [0.2, 0.25) is 11.8 Å². The van der Waals surface area contributed by atoms with E-state index in [1.54, 1.807) is 31.7 Å². The second-order valence-corrected chi connectivity index (χ2v) is 11.6. The molecule has 212 valence electrons. The molecule has 3 amide bonds. The Morgan fingerprint density at radius 1 is 1.10 bits per heavy atom. The molecule has 3 N–H and O–H groups in total. The van der Waals surface area contributed by atoms with E-state index in [0.717, 1.165) is 22.0 Å². The van der Waals surface area contributed by atoms with E-state index >= 15 is 0 Å². The number of nitrogens with zero attached hydrogens (tertiary/aromatic N) is 2. The van der Waals surface area contributed by atoms with Crippen molar-refractivity contribution in [1.29, 1.82) is 0 Å². The summed E-state index contributed by atoms with van der Waals surface area (Å²) in [6.07, 6.45) is 1.81. The Bertz CT molecular complexity index is 1450. The first kappa shape index (κ1) is 28.6. The molecule has 40 heavy (non-hydrogen) atoms. The molecule has 0 bridgehead atoms. The zero-order chi connectivity index (χ0) is 29.2. The molecule has 0 saturated carbocycles. The Hall–Kier alpha value is -4.41. The van der Waals surface area contributed by atoms with E-state index in [-0.39, 0.29) is 24.6 Å². The van der Waals surface area contributed by atoms with Crippen LogP contribution in [0.15, 0.2) is 48.7 Å². The van der Waals surface area contributed by atoms with E-state index in [4.69, 9.17) is 4.74 Å². The lowest BCUT2D eigenvalue weighted by Crippen LogP contribution is -2.60. The predicted molar refractivity (Wildman–Crippen MR) is 150 cm³/mol. The van der Waals surface area contributed by atoms with E-state index < -0.39 is 34.1 Å². The molecule has 0 fully saturated rings. The van der Waals surface area contributed by atoms with Gasteiger partial charge in [-0.05, 0) is 63.8 Å². The van der Waals surface area contributed by atoms with Gasteiger partial charge in [0.05, 0.1) is 4.92 Å². The SMILES string of the molecule is CC(C)(C)OC(=O)NC(C)(C)C(=O)NC(Cc1c[nH]c2ccccc12)C(=O)N1CCc2ccc([N+](=O)[O-])cc2C1. The highest BCUT2D eigenvalue weighted by atomic mass is 16.6. The van der Waals surface area contributed by atoms with Crippen molar-refractivity contribution in [3.8, 4) is 0 Å². The van der Waals surface area contributed by atoms with Crippen molar-refractivity contribution in [3.05, 3.63) is 75.5 Å². The second kappa shape index (κ2) is 11.0. The van der Waals surface area contributed by atoms with Crippen molar-refractivity contribution in [2.75, 3.05) is 6.54 Å². The minimum absolute atomic E-state index is 0.0355. The summed E-state index contributed by atoms with van der Waals surface area (Å²) in [4.78, 5) is 55.4. The number of para-hydroxylation sites is 1. The van der Waals surface area contributed by atoms with Gasteiger partial charge in [-0.15, -0.1) is 0 Å². The smallest absolute Gasteiger partial charge is 0.408 e. The quantitative estimate of drug-likeness (QED) is 0.300. The number of alkyl carbamates (subject to hydrolysis) is 1. The number of nitro benzene ring substituents is 1. The average Bonchev–Trinajstić information content (AvgIpc) is 3.28. The van der Waals surface area contributed by atoms with E-state index in [1.807, 2.05) is 30.5 Å². The second-order valence-electron chi connectivity index (χ2n) is 11.6. The van der Waals surface area contributed by atoms with Crippen molar-refractivity contribution in [3.63, 3.8) is 0 Å². The van der Waals surface area contributed by atoms with E-state index in [1.165, 1.54) is 26.0 Å². The number of aromatic nitrogens is 1. The number of ether oxygens (including phenoxy) is 1. The van der Waals surface area contributed by atoms with Gasteiger partial charge in [0.25, 0.3) is 5.69 Å². The molecule has 4 rings (SSSR count). The van der Waals surface area contributed by atoms with Crippen molar-refractivity contribution in [2.45, 2.75) is 71.2 Å². The van der Waals surface area contributed by atoms with Gasteiger partial charge in [-0.25, -0.2) is 4.79 Å². The highest BCUT2D eigenvalue weighted by Crippen LogP contribution is 2.26. The van der Waals surface area contributed by atoms with Gasteiger partial charge in [0.15, 0.2) is 0 Å². The summed E-state index contributed by atoms with van der Waals surface area (Å²) < 4.78 is 5.31. The summed E-state index contributed by atoms with van der Waals surface area (Å²) in [5.41, 5.74) is 1.25. The Morgan fingerprint density at radius 3 is 2.52 bits per heavy atom. The van der Waals surface area contributed by atoms with Crippen LogP contribution in [0.1, 0.15) is 51.3 Å². The van der Waals surface area contributed by atoms with Gasteiger partial charge in [-0.3, -0.25) is 19.7 Å². The summed E-state index contributed by atoms with van der Waals surface area (Å²) >= 11 is 0. The van der Waals surface area contributed by atoms with Crippen LogP contribution in [0.3, 0.4) is 0 Å². The molecule has 2 heterocycles. The number of non-ortho nitro benzene ring substituents is 1. The molecule has 1 aliphatic heterocycles. The molecular formula is C29H35N5O6. The van der Waals surface area contributed by atoms with E-state index in [2.05, 4.69) is 15.6 Å². The average molecular weight is 550 g/mol. The highest BCUT2D eigenvalue weighted by Gasteiger charge is 2.36. The van der Waals surface area contributed by atoms with Crippen LogP contribution < -0.4 is 10.6 Å². The molecule has 0 aliphatic carbocycles. The number of rotatable bonds is 7. The Balaban J connectivity index is 1.58. The van der Waals surface area contributed by atoms with E-state index in [9.17, 15) is 24.5 Å².